The van der Waals surface area contributed by atoms with E-state index in [0.717, 1.165) is 12.1 Å². The first kappa shape index (κ1) is 10.5. The van der Waals surface area contributed by atoms with Crippen molar-refractivity contribution in [2.24, 2.45) is 7.05 Å². The molecule has 0 aliphatic heterocycles. The van der Waals surface area contributed by atoms with Crippen LogP contribution < -0.4 is 0 Å². The van der Waals surface area contributed by atoms with Gasteiger partial charge in [-0.3, -0.25) is 4.79 Å². The van der Waals surface area contributed by atoms with E-state index in [1.165, 1.54) is 0 Å². The van der Waals surface area contributed by atoms with E-state index in [-0.39, 0.29) is 0 Å². The third kappa shape index (κ3) is 1.42. The molecule has 6 heteroatoms. The van der Waals surface area contributed by atoms with Gasteiger partial charge in [-0.1, -0.05) is 0 Å². The highest BCUT2D eigenvalue weighted by Crippen LogP contribution is 2.16. The summed E-state index contributed by atoms with van der Waals surface area (Å²) < 4.78 is 3.28. The van der Waals surface area contributed by atoms with E-state index >= 15 is 0 Å². The summed E-state index contributed by atoms with van der Waals surface area (Å²) >= 11 is 0. The number of hydrogen-bond donors (Lipinski definition) is 0. The molecule has 2 rings (SSSR count). The molecule has 0 saturated heterocycles. The molecule has 0 atom stereocenters. The molecule has 2 aromatic rings. The zero-order valence-corrected chi connectivity index (χ0v) is 9.72. The molecule has 2 heterocycles. The Morgan fingerprint density at radius 1 is 1.19 bits per heavy atom. The van der Waals surface area contributed by atoms with E-state index in [0.29, 0.717) is 22.9 Å². The molecule has 0 unspecified atom stereocenters. The number of rotatable bonds is 2. The normalized spacial score (nSPS) is 10.8. The number of nitrogens with zero attached hydrogens (tertiary/aromatic N) is 5. The van der Waals surface area contributed by atoms with Gasteiger partial charge in [0.2, 0.25) is 0 Å². The molecule has 0 spiro atoms. The summed E-state index contributed by atoms with van der Waals surface area (Å²) in [6.07, 6.45) is 0.800. The predicted octanol–water partition coefficient (Wildman–Crippen LogP) is 0.739. The number of aryl methyl sites for hydroxylation is 4. The molecule has 0 radical (unpaired) electrons. The van der Waals surface area contributed by atoms with Crippen molar-refractivity contribution < 1.29 is 4.79 Å². The van der Waals surface area contributed by atoms with Crippen molar-refractivity contribution in [1.29, 1.82) is 0 Å². The Kier molecular flexibility index (Phi) is 2.34. The molecule has 0 aromatic carbocycles. The van der Waals surface area contributed by atoms with Crippen LogP contribution in [0.15, 0.2) is 0 Å². The second kappa shape index (κ2) is 3.55. The molecule has 84 valence electrons. The minimum atomic E-state index is 0.551. The van der Waals surface area contributed by atoms with Crippen LogP contribution in [0.5, 0.6) is 0 Å². The number of aldehydes is 1. The van der Waals surface area contributed by atoms with E-state index in [4.69, 9.17) is 0 Å². The van der Waals surface area contributed by atoms with Crippen molar-refractivity contribution in [2.45, 2.75) is 20.8 Å². The molecule has 0 saturated carbocycles. The lowest BCUT2D eigenvalue weighted by Gasteiger charge is -2.03. The predicted molar refractivity (Wildman–Crippen MR) is 57.7 cm³/mol. The van der Waals surface area contributed by atoms with Crippen molar-refractivity contribution in [3.05, 3.63) is 22.9 Å². The van der Waals surface area contributed by atoms with E-state index in [2.05, 4.69) is 15.2 Å². The lowest BCUT2D eigenvalue weighted by Crippen LogP contribution is -2.08. The maximum Gasteiger partial charge on any atom is 0.164 e. The van der Waals surface area contributed by atoms with Crippen LogP contribution in [-0.4, -0.2) is 30.8 Å². The molecule has 0 N–H and O–H groups in total. The number of hydrogen-bond acceptors (Lipinski definition) is 4. The van der Waals surface area contributed by atoms with Gasteiger partial charge in [-0.25, -0.2) is 9.67 Å². The highest BCUT2D eigenvalue weighted by molar-refractivity contribution is 5.81. The lowest BCUT2D eigenvalue weighted by molar-refractivity contribution is 0.112. The van der Waals surface area contributed by atoms with Crippen LogP contribution in [0, 0.1) is 20.8 Å². The van der Waals surface area contributed by atoms with Gasteiger partial charge < -0.3 is 0 Å². The fourth-order valence-electron chi connectivity index (χ4n) is 1.77. The summed E-state index contributed by atoms with van der Waals surface area (Å²) in [5.74, 6) is 2.07. The summed E-state index contributed by atoms with van der Waals surface area (Å²) in [5, 5.41) is 8.45. The number of carbonyl (C=O) groups excluding carboxylic acids is 1. The standard InChI is InChI=1S/C10H13N5O/c1-6-9(5-16)10(14(4)12-6)15-8(3)11-7(2)13-15/h5H,1-4H3. The van der Waals surface area contributed by atoms with Crippen molar-refractivity contribution in [1.82, 2.24) is 24.5 Å². The van der Waals surface area contributed by atoms with Gasteiger partial charge in [0.05, 0.1) is 11.3 Å². The third-order valence-electron chi connectivity index (χ3n) is 2.43. The molecule has 16 heavy (non-hydrogen) atoms. The first-order chi connectivity index (χ1) is 7.54. The minimum Gasteiger partial charge on any atom is -0.298 e. The quantitative estimate of drug-likeness (QED) is 0.699. The van der Waals surface area contributed by atoms with Gasteiger partial charge in [-0.05, 0) is 20.8 Å². The zero-order valence-electron chi connectivity index (χ0n) is 9.72. The monoisotopic (exact) mass is 219 g/mol. The molecule has 0 bridgehead atoms. The van der Waals surface area contributed by atoms with Crippen LogP contribution in [0.3, 0.4) is 0 Å². The molecule has 6 nitrogen and oxygen atoms in total. The van der Waals surface area contributed by atoms with Gasteiger partial charge in [0.25, 0.3) is 0 Å². The van der Waals surface area contributed by atoms with Crippen LogP contribution >= 0.6 is 0 Å². The smallest absolute Gasteiger partial charge is 0.164 e. The second-order valence-electron chi connectivity index (χ2n) is 3.68. The lowest BCUT2D eigenvalue weighted by atomic mass is 10.2. The number of aromatic nitrogens is 5. The van der Waals surface area contributed by atoms with Gasteiger partial charge in [0.15, 0.2) is 12.1 Å². The Labute approximate surface area is 92.9 Å². The summed E-state index contributed by atoms with van der Waals surface area (Å²) in [6, 6.07) is 0. The number of carbonyl (C=O) groups is 1. The van der Waals surface area contributed by atoms with Gasteiger partial charge in [-0.15, -0.1) is 5.10 Å². The zero-order chi connectivity index (χ0) is 11.9. The molecule has 0 aliphatic carbocycles. The first-order valence-electron chi connectivity index (χ1n) is 4.94. The SMILES string of the molecule is Cc1nc(C)n(-c2c(C=O)c(C)nn2C)n1. The van der Waals surface area contributed by atoms with Gasteiger partial charge in [0, 0.05) is 7.05 Å². The van der Waals surface area contributed by atoms with E-state index in [1.54, 1.807) is 23.3 Å². The third-order valence-corrected chi connectivity index (χ3v) is 2.43. The van der Waals surface area contributed by atoms with Crippen molar-refractivity contribution in [3.8, 4) is 5.82 Å². The summed E-state index contributed by atoms with van der Waals surface area (Å²) in [5.41, 5.74) is 1.25. The van der Waals surface area contributed by atoms with Crippen molar-refractivity contribution in [2.75, 3.05) is 0 Å². The van der Waals surface area contributed by atoms with Crippen LogP contribution in [0.25, 0.3) is 5.82 Å². The van der Waals surface area contributed by atoms with Crippen molar-refractivity contribution in [3.63, 3.8) is 0 Å². The maximum absolute atomic E-state index is 11.0. The average Bonchev–Trinajstić information content (AvgIpc) is 2.66. The highest BCUT2D eigenvalue weighted by atomic mass is 16.1. The molecule has 0 aliphatic rings. The molecular weight excluding hydrogens is 206 g/mol. The van der Waals surface area contributed by atoms with Crippen LogP contribution in [0.2, 0.25) is 0 Å². The fourth-order valence-corrected chi connectivity index (χ4v) is 1.77. The second-order valence-corrected chi connectivity index (χ2v) is 3.68. The van der Waals surface area contributed by atoms with E-state index in [9.17, 15) is 4.79 Å². The molecular formula is C10H13N5O. The van der Waals surface area contributed by atoms with E-state index in [1.807, 2.05) is 13.8 Å². The van der Waals surface area contributed by atoms with Gasteiger partial charge in [0.1, 0.15) is 11.6 Å². The summed E-state index contributed by atoms with van der Waals surface area (Å²) in [7, 11) is 1.78. The van der Waals surface area contributed by atoms with Gasteiger partial charge >= 0.3 is 0 Å². The highest BCUT2D eigenvalue weighted by Gasteiger charge is 2.17. The van der Waals surface area contributed by atoms with Crippen LogP contribution in [-0.2, 0) is 7.05 Å². The maximum atomic E-state index is 11.0. The van der Waals surface area contributed by atoms with Crippen molar-refractivity contribution >= 4 is 6.29 Å². The topological polar surface area (TPSA) is 65.6 Å². The Morgan fingerprint density at radius 2 is 1.88 bits per heavy atom. The summed E-state index contributed by atoms with van der Waals surface area (Å²) in [6.45, 7) is 5.45. The summed E-state index contributed by atoms with van der Waals surface area (Å²) in [4.78, 5) is 15.2. The Balaban J connectivity index is 2.72. The molecule has 2 aromatic heterocycles. The van der Waals surface area contributed by atoms with Gasteiger partial charge in [-0.2, -0.15) is 9.78 Å². The van der Waals surface area contributed by atoms with E-state index < -0.39 is 0 Å². The van der Waals surface area contributed by atoms with Crippen LogP contribution in [0.1, 0.15) is 27.7 Å². The molecule has 0 amide bonds. The fraction of sp³-hybridized carbons (Fsp3) is 0.400. The largest absolute Gasteiger partial charge is 0.298 e. The Hall–Kier alpha value is -1.98. The Morgan fingerprint density at radius 3 is 2.38 bits per heavy atom. The Bertz CT molecular complexity index is 552. The van der Waals surface area contributed by atoms with Crippen LogP contribution in [0.4, 0.5) is 0 Å². The average molecular weight is 219 g/mol. The first-order valence-corrected chi connectivity index (χ1v) is 4.94. The minimum absolute atomic E-state index is 0.551. The molecule has 0 fully saturated rings.